The second kappa shape index (κ2) is 7.00. The van der Waals surface area contributed by atoms with Crippen LogP contribution in [0.2, 0.25) is 0 Å². The van der Waals surface area contributed by atoms with Gasteiger partial charge in [-0.1, -0.05) is 35.5 Å². The van der Waals surface area contributed by atoms with Crippen molar-refractivity contribution in [1.29, 1.82) is 0 Å². The number of carbonyl (C=O) groups is 1. The van der Waals surface area contributed by atoms with Gasteiger partial charge in [0.2, 0.25) is 0 Å². The molecule has 0 saturated carbocycles. The number of methoxy groups -OCH3 is 1. The first-order valence-corrected chi connectivity index (χ1v) is 9.65. The molecule has 0 unspecified atom stereocenters. The molecule has 1 fully saturated rings. The lowest BCUT2D eigenvalue weighted by Crippen LogP contribution is -2.27. The van der Waals surface area contributed by atoms with Crippen LogP contribution in [0.5, 0.6) is 5.75 Å². The Bertz CT molecular complexity index is 1030. The SMILES string of the molecule is COc1ccc(Cn2nnc3c2[C@]2(CC[C@H]3OC(=O)c3ccccc3)CO2)cc1. The van der Waals surface area contributed by atoms with Crippen LogP contribution < -0.4 is 4.74 Å². The van der Waals surface area contributed by atoms with E-state index in [1.54, 1.807) is 19.2 Å². The highest BCUT2D eigenvalue weighted by atomic mass is 16.6. The van der Waals surface area contributed by atoms with E-state index in [2.05, 4.69) is 10.3 Å². The quantitative estimate of drug-likeness (QED) is 0.491. The van der Waals surface area contributed by atoms with Crippen LogP contribution in [-0.2, 0) is 21.6 Å². The summed E-state index contributed by atoms with van der Waals surface area (Å²) in [5.41, 5.74) is 2.89. The van der Waals surface area contributed by atoms with E-state index in [1.165, 1.54) is 0 Å². The van der Waals surface area contributed by atoms with Gasteiger partial charge >= 0.3 is 5.97 Å². The van der Waals surface area contributed by atoms with Crippen LogP contribution in [0.1, 0.15) is 46.3 Å². The van der Waals surface area contributed by atoms with Gasteiger partial charge in [-0.3, -0.25) is 0 Å². The zero-order valence-electron chi connectivity index (χ0n) is 16.1. The van der Waals surface area contributed by atoms with E-state index in [0.29, 0.717) is 30.8 Å². The first-order valence-electron chi connectivity index (χ1n) is 9.65. The van der Waals surface area contributed by atoms with Crippen molar-refractivity contribution in [1.82, 2.24) is 15.0 Å². The number of hydrogen-bond acceptors (Lipinski definition) is 6. The van der Waals surface area contributed by atoms with Gasteiger partial charge in [0, 0.05) is 0 Å². The maximum Gasteiger partial charge on any atom is 0.338 e. The fraction of sp³-hybridized carbons (Fsp3) is 0.318. The maximum absolute atomic E-state index is 12.5. The second-order valence-corrected chi connectivity index (χ2v) is 7.41. The van der Waals surface area contributed by atoms with Gasteiger partial charge in [-0.25, -0.2) is 9.48 Å². The molecule has 1 aliphatic carbocycles. The summed E-state index contributed by atoms with van der Waals surface area (Å²) in [6, 6.07) is 16.9. The Morgan fingerprint density at radius 2 is 1.97 bits per heavy atom. The van der Waals surface area contributed by atoms with E-state index in [9.17, 15) is 4.79 Å². The van der Waals surface area contributed by atoms with Crippen LogP contribution in [0, 0.1) is 0 Å². The van der Waals surface area contributed by atoms with Gasteiger partial charge in [0.05, 0.1) is 25.8 Å². The van der Waals surface area contributed by atoms with E-state index < -0.39 is 6.10 Å². The largest absolute Gasteiger partial charge is 0.497 e. The summed E-state index contributed by atoms with van der Waals surface area (Å²) in [5, 5.41) is 8.75. The minimum absolute atomic E-state index is 0.346. The van der Waals surface area contributed by atoms with Crippen LogP contribution in [0.3, 0.4) is 0 Å². The topological polar surface area (TPSA) is 78.8 Å². The third-order valence-corrected chi connectivity index (χ3v) is 5.55. The Hall–Kier alpha value is -3.19. The van der Waals surface area contributed by atoms with E-state index in [1.807, 2.05) is 47.1 Å². The molecule has 29 heavy (non-hydrogen) atoms. The van der Waals surface area contributed by atoms with Crippen molar-refractivity contribution in [3.63, 3.8) is 0 Å². The molecule has 2 atom stereocenters. The Morgan fingerprint density at radius 1 is 1.21 bits per heavy atom. The van der Waals surface area contributed by atoms with Crippen LogP contribution in [0.4, 0.5) is 0 Å². The number of esters is 1. The van der Waals surface area contributed by atoms with Gasteiger partial charge in [0.15, 0.2) is 0 Å². The van der Waals surface area contributed by atoms with Gasteiger partial charge in [-0.2, -0.15) is 0 Å². The zero-order chi connectivity index (χ0) is 19.8. The zero-order valence-corrected chi connectivity index (χ0v) is 16.1. The Kier molecular flexibility index (Phi) is 4.32. The molecule has 7 heteroatoms. The van der Waals surface area contributed by atoms with Crippen molar-refractivity contribution in [2.75, 3.05) is 13.7 Å². The third kappa shape index (κ3) is 3.27. The average Bonchev–Trinajstić information content (AvgIpc) is 3.41. The summed E-state index contributed by atoms with van der Waals surface area (Å²) >= 11 is 0. The predicted octanol–water partition coefficient (Wildman–Crippen LogP) is 3.25. The number of rotatable bonds is 5. The van der Waals surface area contributed by atoms with Crippen LogP contribution in [0.15, 0.2) is 54.6 Å². The smallest absolute Gasteiger partial charge is 0.338 e. The molecule has 7 nitrogen and oxygen atoms in total. The number of benzene rings is 2. The van der Waals surface area contributed by atoms with Gasteiger partial charge in [-0.05, 0) is 42.7 Å². The molecule has 2 aliphatic rings. The van der Waals surface area contributed by atoms with E-state index in [4.69, 9.17) is 14.2 Å². The minimum Gasteiger partial charge on any atom is -0.497 e. The van der Waals surface area contributed by atoms with Crippen molar-refractivity contribution < 1.29 is 19.0 Å². The first-order chi connectivity index (χ1) is 14.2. The Labute approximate surface area is 168 Å². The number of carbonyl (C=O) groups excluding carboxylic acids is 1. The van der Waals surface area contributed by atoms with Gasteiger partial charge in [0.1, 0.15) is 28.8 Å². The molecule has 2 aromatic carbocycles. The van der Waals surface area contributed by atoms with E-state index >= 15 is 0 Å². The van der Waals surface area contributed by atoms with Crippen LogP contribution in [0.25, 0.3) is 0 Å². The van der Waals surface area contributed by atoms with Crippen LogP contribution in [-0.4, -0.2) is 34.7 Å². The molecule has 0 N–H and O–H groups in total. The lowest BCUT2D eigenvalue weighted by atomic mass is 9.88. The molecule has 0 bridgehead atoms. The number of ether oxygens (including phenoxy) is 3. The van der Waals surface area contributed by atoms with Crippen molar-refractivity contribution in [2.45, 2.75) is 31.1 Å². The lowest BCUT2D eigenvalue weighted by Gasteiger charge is -2.26. The number of epoxide rings is 1. The summed E-state index contributed by atoms with van der Waals surface area (Å²) in [6.07, 6.45) is 1.03. The maximum atomic E-state index is 12.5. The lowest BCUT2D eigenvalue weighted by molar-refractivity contribution is 0.0202. The Balaban J connectivity index is 1.41. The molecule has 148 valence electrons. The summed E-state index contributed by atoms with van der Waals surface area (Å²) in [6.45, 7) is 1.21. The number of hydrogen-bond donors (Lipinski definition) is 0. The molecule has 5 rings (SSSR count). The average molecular weight is 391 g/mol. The van der Waals surface area contributed by atoms with Crippen molar-refractivity contribution in [3.8, 4) is 5.75 Å². The van der Waals surface area contributed by atoms with Crippen LogP contribution >= 0.6 is 0 Å². The standard InChI is InChI=1S/C22H21N3O4/c1-27-17-9-7-15(8-10-17)13-25-20-19(23-24-25)18(11-12-22(20)14-28-22)29-21(26)16-5-3-2-4-6-16/h2-10,18H,11-14H2,1H3/t18-,22+/m1/s1. The minimum atomic E-state index is -0.419. The number of aromatic nitrogens is 3. The highest BCUT2D eigenvalue weighted by Gasteiger charge is 2.55. The van der Waals surface area contributed by atoms with Crippen molar-refractivity contribution in [2.24, 2.45) is 0 Å². The highest BCUT2D eigenvalue weighted by molar-refractivity contribution is 5.89. The number of fused-ring (bicyclic) bond motifs is 2. The van der Waals surface area contributed by atoms with Gasteiger partial charge in [-0.15, -0.1) is 5.10 Å². The first kappa shape index (κ1) is 17.9. The molecule has 1 aromatic heterocycles. The molecular formula is C22H21N3O4. The van der Waals surface area contributed by atoms with Gasteiger partial charge < -0.3 is 14.2 Å². The molecule has 1 spiro atoms. The van der Waals surface area contributed by atoms with Crippen molar-refractivity contribution in [3.05, 3.63) is 77.1 Å². The molecule has 3 aromatic rings. The molecule has 0 amide bonds. The van der Waals surface area contributed by atoms with E-state index in [0.717, 1.165) is 23.4 Å². The normalized spacial score (nSPS) is 22.2. The molecular weight excluding hydrogens is 370 g/mol. The fourth-order valence-corrected chi connectivity index (χ4v) is 3.90. The molecule has 1 saturated heterocycles. The Morgan fingerprint density at radius 3 is 2.66 bits per heavy atom. The monoisotopic (exact) mass is 391 g/mol. The summed E-state index contributed by atoms with van der Waals surface area (Å²) in [4.78, 5) is 12.5. The van der Waals surface area contributed by atoms with Crippen molar-refractivity contribution >= 4 is 5.97 Å². The van der Waals surface area contributed by atoms with Gasteiger partial charge in [0.25, 0.3) is 0 Å². The fourth-order valence-electron chi connectivity index (χ4n) is 3.90. The third-order valence-electron chi connectivity index (χ3n) is 5.55. The molecule has 0 radical (unpaired) electrons. The number of nitrogens with zero attached hydrogens (tertiary/aromatic N) is 3. The summed E-state index contributed by atoms with van der Waals surface area (Å²) < 4.78 is 18.7. The summed E-state index contributed by atoms with van der Waals surface area (Å²) in [7, 11) is 1.65. The van der Waals surface area contributed by atoms with E-state index in [-0.39, 0.29) is 11.6 Å². The molecule has 2 heterocycles. The summed E-state index contributed by atoms with van der Waals surface area (Å²) in [5.74, 6) is 0.461. The molecule has 1 aliphatic heterocycles. The highest BCUT2D eigenvalue weighted by Crippen LogP contribution is 2.51. The second-order valence-electron chi connectivity index (χ2n) is 7.41. The predicted molar refractivity (Wildman–Crippen MR) is 104 cm³/mol.